The summed E-state index contributed by atoms with van der Waals surface area (Å²) in [5.74, 6) is 0.683. The first-order valence-corrected chi connectivity index (χ1v) is 5.96. The highest BCUT2D eigenvalue weighted by Crippen LogP contribution is 2.22. The van der Waals surface area contributed by atoms with Gasteiger partial charge in [0, 0.05) is 0 Å². The fraction of sp³-hybridized carbons (Fsp3) is 0.455. The maximum atomic E-state index is 12.4. The summed E-state index contributed by atoms with van der Waals surface area (Å²) >= 11 is 11.3. The summed E-state index contributed by atoms with van der Waals surface area (Å²) in [6.45, 7) is 2.71. The smallest absolute Gasteiger partial charge is 0.132 e. The molecule has 84 valence electrons. The van der Waals surface area contributed by atoms with Crippen LogP contribution in [0.1, 0.15) is 5.56 Å². The highest BCUT2D eigenvalue weighted by Gasteiger charge is 2.18. The van der Waals surface area contributed by atoms with Crippen LogP contribution in [-0.4, -0.2) is 24.8 Å². The van der Waals surface area contributed by atoms with E-state index >= 15 is 0 Å². The lowest BCUT2D eigenvalue weighted by Gasteiger charge is -2.41. The Balaban J connectivity index is 2.92. The van der Waals surface area contributed by atoms with Crippen LogP contribution in [0.4, 0.5) is 5.69 Å². The standard InChI is InChI=1S/C11H15Cl2NO/c1-10-2-4-11(5-3-10)14(15,8-6-12)9-7-13/h2-5H,6-9H2,1H3. The highest BCUT2D eigenvalue weighted by molar-refractivity contribution is 6.18. The lowest BCUT2D eigenvalue weighted by Crippen LogP contribution is -2.46. The van der Waals surface area contributed by atoms with Crippen LogP contribution in [0.25, 0.3) is 0 Å². The minimum absolute atomic E-state index is 0.342. The summed E-state index contributed by atoms with van der Waals surface area (Å²) in [4.78, 5) is 0. The molecule has 0 amide bonds. The van der Waals surface area contributed by atoms with Gasteiger partial charge < -0.3 is 9.85 Å². The zero-order valence-electron chi connectivity index (χ0n) is 8.75. The molecule has 0 saturated carbocycles. The number of aryl methyl sites for hydroxylation is 1. The van der Waals surface area contributed by atoms with Crippen LogP contribution in [0.15, 0.2) is 24.3 Å². The number of rotatable bonds is 5. The maximum Gasteiger partial charge on any atom is 0.132 e. The quantitative estimate of drug-likeness (QED) is 0.445. The average Bonchev–Trinajstić information content (AvgIpc) is 2.19. The molecular weight excluding hydrogens is 233 g/mol. The fourth-order valence-corrected chi connectivity index (χ4v) is 2.01. The summed E-state index contributed by atoms with van der Waals surface area (Å²) in [5.41, 5.74) is 1.86. The van der Waals surface area contributed by atoms with Gasteiger partial charge in [0.05, 0.1) is 24.8 Å². The van der Waals surface area contributed by atoms with Gasteiger partial charge in [-0.3, -0.25) is 0 Å². The first-order valence-electron chi connectivity index (χ1n) is 4.89. The first-order chi connectivity index (χ1) is 7.12. The number of benzene rings is 1. The Morgan fingerprint density at radius 2 is 1.53 bits per heavy atom. The molecular formula is C11H15Cl2NO. The molecule has 0 radical (unpaired) electrons. The van der Waals surface area contributed by atoms with Gasteiger partial charge in [0.15, 0.2) is 0 Å². The zero-order valence-corrected chi connectivity index (χ0v) is 10.3. The number of hydroxylamine groups is 2. The Labute approximate surface area is 101 Å². The Kier molecular flexibility index (Phi) is 4.87. The molecule has 0 bridgehead atoms. The van der Waals surface area contributed by atoms with Crippen molar-refractivity contribution >= 4 is 28.9 Å². The monoisotopic (exact) mass is 247 g/mol. The van der Waals surface area contributed by atoms with E-state index in [1.54, 1.807) is 0 Å². The van der Waals surface area contributed by atoms with Crippen LogP contribution < -0.4 is 4.65 Å². The van der Waals surface area contributed by atoms with Crippen LogP contribution in [0.2, 0.25) is 0 Å². The van der Waals surface area contributed by atoms with Gasteiger partial charge in [-0.15, -0.1) is 23.2 Å². The first kappa shape index (κ1) is 12.8. The molecule has 1 aromatic rings. The molecule has 0 aromatic heterocycles. The van der Waals surface area contributed by atoms with Gasteiger partial charge in [-0.1, -0.05) is 17.7 Å². The molecule has 1 aromatic carbocycles. The van der Waals surface area contributed by atoms with Gasteiger partial charge in [0.2, 0.25) is 0 Å². The number of halogens is 2. The van der Waals surface area contributed by atoms with Gasteiger partial charge >= 0.3 is 0 Å². The Morgan fingerprint density at radius 3 is 1.93 bits per heavy atom. The third kappa shape index (κ3) is 3.35. The minimum atomic E-state index is -0.437. The molecule has 0 saturated heterocycles. The molecule has 0 aliphatic carbocycles. The minimum Gasteiger partial charge on any atom is -0.627 e. The number of alkyl halides is 2. The van der Waals surface area contributed by atoms with E-state index in [1.807, 2.05) is 31.2 Å². The van der Waals surface area contributed by atoms with Gasteiger partial charge in [0.1, 0.15) is 5.69 Å². The van der Waals surface area contributed by atoms with Crippen LogP contribution in [0.5, 0.6) is 0 Å². The van der Waals surface area contributed by atoms with Crippen molar-refractivity contribution in [2.75, 3.05) is 24.8 Å². The topological polar surface area (TPSA) is 23.1 Å². The van der Waals surface area contributed by atoms with Crippen molar-refractivity contribution in [2.45, 2.75) is 6.92 Å². The van der Waals surface area contributed by atoms with Crippen LogP contribution >= 0.6 is 23.2 Å². The van der Waals surface area contributed by atoms with Crippen molar-refractivity contribution < 1.29 is 0 Å². The Bertz CT molecular complexity index is 294. The van der Waals surface area contributed by atoms with E-state index in [4.69, 9.17) is 23.2 Å². The van der Waals surface area contributed by atoms with E-state index in [2.05, 4.69) is 0 Å². The normalized spacial score (nSPS) is 11.7. The number of nitrogens with zero attached hydrogens (tertiary/aromatic N) is 1. The zero-order chi connectivity index (χ0) is 11.3. The lowest BCUT2D eigenvalue weighted by molar-refractivity contribution is 0.414. The van der Waals surface area contributed by atoms with E-state index in [9.17, 15) is 5.21 Å². The predicted molar refractivity (Wildman–Crippen MR) is 67.5 cm³/mol. The molecule has 1 rings (SSSR count). The second-order valence-corrected chi connectivity index (χ2v) is 4.31. The van der Waals surface area contributed by atoms with E-state index < -0.39 is 4.65 Å². The number of hydrogen-bond donors (Lipinski definition) is 0. The van der Waals surface area contributed by atoms with Crippen LogP contribution in [0.3, 0.4) is 0 Å². The molecule has 15 heavy (non-hydrogen) atoms. The van der Waals surface area contributed by atoms with E-state index in [-0.39, 0.29) is 0 Å². The number of hydrogen-bond acceptors (Lipinski definition) is 1. The van der Waals surface area contributed by atoms with Gasteiger partial charge in [-0.2, -0.15) is 0 Å². The van der Waals surface area contributed by atoms with E-state index in [0.29, 0.717) is 24.8 Å². The Morgan fingerprint density at radius 1 is 1.07 bits per heavy atom. The summed E-state index contributed by atoms with van der Waals surface area (Å²) in [7, 11) is 0. The molecule has 4 heteroatoms. The fourth-order valence-electron chi connectivity index (χ4n) is 1.46. The largest absolute Gasteiger partial charge is 0.627 e. The molecule has 0 heterocycles. The van der Waals surface area contributed by atoms with Gasteiger partial charge in [0.25, 0.3) is 0 Å². The second-order valence-electron chi connectivity index (χ2n) is 3.55. The predicted octanol–water partition coefficient (Wildman–Crippen LogP) is 3.28. The van der Waals surface area contributed by atoms with Crippen molar-refractivity contribution in [3.05, 3.63) is 35.0 Å². The lowest BCUT2D eigenvalue weighted by atomic mass is 10.2. The van der Waals surface area contributed by atoms with Crippen molar-refractivity contribution in [1.82, 2.24) is 4.65 Å². The molecule has 0 aliphatic heterocycles. The van der Waals surface area contributed by atoms with E-state index in [1.165, 1.54) is 0 Å². The van der Waals surface area contributed by atoms with Gasteiger partial charge in [-0.25, -0.2) is 0 Å². The highest BCUT2D eigenvalue weighted by atomic mass is 35.5. The Hall–Kier alpha value is -0.280. The third-order valence-corrected chi connectivity index (χ3v) is 2.73. The molecule has 0 spiro atoms. The summed E-state index contributed by atoms with van der Waals surface area (Å²) in [5, 5.41) is 12.4. The maximum absolute atomic E-state index is 12.4. The summed E-state index contributed by atoms with van der Waals surface area (Å²) in [6.07, 6.45) is 0. The van der Waals surface area contributed by atoms with Gasteiger partial charge in [-0.05, 0) is 19.1 Å². The van der Waals surface area contributed by atoms with Crippen molar-refractivity contribution in [3.63, 3.8) is 0 Å². The second kappa shape index (κ2) is 5.71. The van der Waals surface area contributed by atoms with Crippen LogP contribution in [-0.2, 0) is 0 Å². The summed E-state index contributed by atoms with van der Waals surface area (Å²) in [6, 6.07) is 7.56. The van der Waals surface area contributed by atoms with Crippen molar-refractivity contribution in [1.29, 1.82) is 0 Å². The number of quaternary nitrogens is 1. The average molecular weight is 248 g/mol. The summed E-state index contributed by atoms with van der Waals surface area (Å²) < 4.78 is -0.437. The van der Waals surface area contributed by atoms with E-state index in [0.717, 1.165) is 11.3 Å². The van der Waals surface area contributed by atoms with Crippen molar-refractivity contribution in [2.24, 2.45) is 0 Å². The molecule has 0 atom stereocenters. The third-order valence-electron chi connectivity index (χ3n) is 2.40. The molecule has 0 unspecified atom stereocenters. The van der Waals surface area contributed by atoms with Crippen LogP contribution in [0, 0.1) is 12.1 Å². The van der Waals surface area contributed by atoms with Crippen molar-refractivity contribution in [3.8, 4) is 0 Å². The molecule has 0 N–H and O–H groups in total. The molecule has 0 aliphatic rings. The molecule has 2 nitrogen and oxygen atoms in total. The molecule has 0 fully saturated rings. The SMILES string of the molecule is Cc1ccc([N+]([O-])(CCCl)CCCl)cc1.